The Hall–Kier alpha value is -5.63. The van der Waals surface area contributed by atoms with Crippen molar-refractivity contribution in [3.63, 3.8) is 0 Å². The Labute approximate surface area is 325 Å². The number of amides is 3. The lowest BCUT2D eigenvalue weighted by molar-refractivity contribution is -0.137. The van der Waals surface area contributed by atoms with Gasteiger partial charge in [-0.05, 0) is 82.0 Å². The van der Waals surface area contributed by atoms with E-state index in [0.29, 0.717) is 36.9 Å². The fourth-order valence-electron chi connectivity index (χ4n) is 7.48. The Morgan fingerprint density at radius 1 is 0.982 bits per heavy atom. The molecule has 0 bridgehead atoms. The third-order valence-electron chi connectivity index (χ3n) is 10.3. The number of piperidine rings is 2. The summed E-state index contributed by atoms with van der Waals surface area (Å²) in [4.78, 5) is 45.7. The summed E-state index contributed by atoms with van der Waals surface area (Å²) in [5.74, 6) is -0.552. The molecule has 0 radical (unpaired) electrons. The number of benzene rings is 3. The van der Waals surface area contributed by atoms with Gasteiger partial charge in [0.25, 0.3) is 5.91 Å². The van der Waals surface area contributed by atoms with Crippen LogP contribution in [0.3, 0.4) is 0 Å². The Kier molecular flexibility index (Phi) is 12.2. The minimum Gasteiger partial charge on any atom is -0.489 e. The number of aromatic nitrogens is 1. The van der Waals surface area contributed by atoms with Crippen LogP contribution in [-0.2, 0) is 22.3 Å². The van der Waals surface area contributed by atoms with Crippen molar-refractivity contribution in [1.82, 2.24) is 20.5 Å². The van der Waals surface area contributed by atoms with E-state index in [1.807, 2.05) is 51.1 Å². The fourth-order valence-corrected chi connectivity index (χ4v) is 7.48. The quantitative estimate of drug-likeness (QED) is 0.107. The number of nitrogens with one attached hydrogen (secondary N) is 4. The van der Waals surface area contributed by atoms with E-state index in [9.17, 15) is 27.6 Å². The first-order valence-electron chi connectivity index (χ1n) is 18.8. The molecule has 1 aromatic heterocycles. The number of aryl methyl sites for hydroxylation is 1. The van der Waals surface area contributed by atoms with Crippen LogP contribution < -0.4 is 30.9 Å². The highest BCUT2D eigenvalue weighted by atomic mass is 19.4. The number of para-hydroxylation sites is 1. The maximum atomic E-state index is 14.2. The van der Waals surface area contributed by atoms with Crippen molar-refractivity contribution in [3.8, 4) is 5.75 Å². The van der Waals surface area contributed by atoms with Gasteiger partial charge in [-0.15, -0.1) is 0 Å². The molecule has 3 heterocycles. The molecule has 6 rings (SSSR count). The van der Waals surface area contributed by atoms with Gasteiger partial charge in [0.2, 0.25) is 11.8 Å². The second kappa shape index (κ2) is 17.0. The predicted molar refractivity (Wildman–Crippen MR) is 211 cm³/mol. The van der Waals surface area contributed by atoms with Crippen LogP contribution >= 0.6 is 0 Å². The molecule has 2 aliphatic heterocycles. The van der Waals surface area contributed by atoms with Crippen LogP contribution in [0.5, 0.6) is 5.75 Å². The summed E-state index contributed by atoms with van der Waals surface area (Å²) in [7, 11) is 3.56. The van der Waals surface area contributed by atoms with Gasteiger partial charge >= 0.3 is 6.18 Å². The molecule has 296 valence electrons. The Morgan fingerprint density at radius 3 is 2.39 bits per heavy atom. The Balaban J connectivity index is 1.18. The van der Waals surface area contributed by atoms with Gasteiger partial charge in [0, 0.05) is 63.2 Å². The average molecular weight is 772 g/mol. The predicted octanol–water partition coefficient (Wildman–Crippen LogP) is 7.66. The van der Waals surface area contributed by atoms with Gasteiger partial charge in [-0.1, -0.05) is 36.4 Å². The molecule has 2 fully saturated rings. The Morgan fingerprint density at radius 2 is 1.70 bits per heavy atom. The van der Waals surface area contributed by atoms with Crippen molar-refractivity contribution < 1.29 is 32.3 Å². The summed E-state index contributed by atoms with van der Waals surface area (Å²) in [6.45, 7) is 8.08. The number of carbonyl (C=O) groups is 3. The van der Waals surface area contributed by atoms with E-state index in [2.05, 4.69) is 49.2 Å². The van der Waals surface area contributed by atoms with Crippen LogP contribution in [-0.4, -0.2) is 66.9 Å². The summed E-state index contributed by atoms with van der Waals surface area (Å²) in [6, 6.07) is 19.8. The number of carbonyl (C=O) groups excluding carboxylic acids is 3. The molecule has 2 aliphatic rings. The number of pyridine rings is 1. The van der Waals surface area contributed by atoms with Crippen molar-refractivity contribution in [2.75, 3.05) is 42.7 Å². The number of alkyl halides is 3. The summed E-state index contributed by atoms with van der Waals surface area (Å²) < 4.78 is 48.7. The smallest absolute Gasteiger partial charge is 0.419 e. The monoisotopic (exact) mass is 771 g/mol. The molecular weight excluding hydrogens is 724 g/mol. The topological polar surface area (TPSA) is 128 Å². The number of hydrogen-bond acceptors (Lipinski definition) is 9. The van der Waals surface area contributed by atoms with E-state index in [1.54, 1.807) is 18.2 Å². The lowest BCUT2D eigenvalue weighted by atomic mass is 9.87. The number of imide groups is 1. The number of ether oxygens (including phenoxy) is 1. The molecular formula is C42H48F3N7O4. The molecule has 0 aliphatic carbocycles. The zero-order chi connectivity index (χ0) is 40.1. The lowest BCUT2D eigenvalue weighted by Gasteiger charge is -2.39. The number of nitrogens with zero attached hydrogens (tertiary/aromatic N) is 3. The van der Waals surface area contributed by atoms with Gasteiger partial charge in [-0.2, -0.15) is 13.2 Å². The minimum absolute atomic E-state index is 0.154. The highest BCUT2D eigenvalue weighted by Gasteiger charge is 2.35. The van der Waals surface area contributed by atoms with Crippen molar-refractivity contribution in [1.29, 1.82) is 0 Å². The van der Waals surface area contributed by atoms with Gasteiger partial charge in [0.05, 0.1) is 40.2 Å². The summed E-state index contributed by atoms with van der Waals surface area (Å²) in [5, 5.41) is 11.0. The molecule has 14 heteroatoms. The van der Waals surface area contributed by atoms with E-state index < -0.39 is 17.6 Å². The maximum Gasteiger partial charge on any atom is 0.419 e. The number of hydrogen-bond donors (Lipinski definition) is 4. The van der Waals surface area contributed by atoms with Gasteiger partial charge in [0.1, 0.15) is 11.6 Å². The molecule has 0 saturated carbocycles. The number of anilines is 5. The van der Waals surface area contributed by atoms with Crippen LogP contribution in [0.4, 0.5) is 41.7 Å². The minimum atomic E-state index is -4.71. The molecule has 2 saturated heterocycles. The normalized spacial score (nSPS) is 16.5. The van der Waals surface area contributed by atoms with Crippen LogP contribution in [0.25, 0.3) is 0 Å². The van der Waals surface area contributed by atoms with E-state index >= 15 is 0 Å². The standard InChI is InChI=1S/C42H48F3N7O4/c1-25(2)56-37-22-36(52-18-16-28(17-19-52)51(5)24-27-10-6-7-11-29(27)30-14-15-39(53)50-41(30)55)26(3)20-35(37)49-38-21-34(32(23-47-38)42(43,44)45)48-33-13-9-8-12-31(33)40(54)46-4/h6-13,20-23,25,28,30H,14-19,24H2,1-5H3,(H,46,54)(H2,47,48,49)(H,50,53,55). The first-order valence-corrected chi connectivity index (χ1v) is 18.8. The second-order valence-electron chi connectivity index (χ2n) is 14.6. The van der Waals surface area contributed by atoms with E-state index in [4.69, 9.17) is 4.74 Å². The largest absolute Gasteiger partial charge is 0.489 e. The van der Waals surface area contributed by atoms with Crippen molar-refractivity contribution in [2.45, 2.75) is 77.2 Å². The van der Waals surface area contributed by atoms with Crippen LogP contribution in [0.1, 0.15) is 78.1 Å². The highest BCUT2D eigenvalue weighted by molar-refractivity contribution is 6.01. The maximum absolute atomic E-state index is 14.2. The first-order chi connectivity index (χ1) is 26.7. The fraction of sp³-hybridized carbons (Fsp3) is 0.381. The number of rotatable bonds is 12. The van der Waals surface area contributed by atoms with Gasteiger partial charge in [0.15, 0.2) is 0 Å². The zero-order valence-corrected chi connectivity index (χ0v) is 32.2. The van der Waals surface area contributed by atoms with Gasteiger partial charge < -0.3 is 25.6 Å². The summed E-state index contributed by atoms with van der Waals surface area (Å²) >= 11 is 0. The van der Waals surface area contributed by atoms with E-state index in [0.717, 1.165) is 54.5 Å². The first kappa shape index (κ1) is 40.0. The van der Waals surface area contributed by atoms with E-state index in [1.165, 1.54) is 19.2 Å². The molecule has 11 nitrogen and oxygen atoms in total. The molecule has 0 spiro atoms. The van der Waals surface area contributed by atoms with Crippen molar-refractivity contribution >= 4 is 46.3 Å². The van der Waals surface area contributed by atoms with E-state index in [-0.39, 0.29) is 46.6 Å². The van der Waals surface area contributed by atoms with Gasteiger partial charge in [-0.3, -0.25) is 24.6 Å². The second-order valence-corrected chi connectivity index (χ2v) is 14.6. The molecule has 4 N–H and O–H groups in total. The third kappa shape index (κ3) is 9.24. The summed E-state index contributed by atoms with van der Waals surface area (Å²) in [5.41, 5.74) is 3.72. The van der Waals surface area contributed by atoms with Gasteiger partial charge in [-0.25, -0.2) is 4.98 Å². The van der Waals surface area contributed by atoms with Crippen LogP contribution in [0.2, 0.25) is 0 Å². The summed E-state index contributed by atoms with van der Waals surface area (Å²) in [6.07, 6.45) is -1.47. The number of halogens is 3. The SMILES string of the molecule is CNC(=O)c1ccccc1Nc1cc(Nc2cc(C)c(N3CCC(N(C)Cc4ccccc4C4CCC(=O)NC4=O)CC3)cc2OC(C)C)ncc1C(F)(F)F. The van der Waals surface area contributed by atoms with Crippen molar-refractivity contribution in [3.05, 3.63) is 101 Å². The third-order valence-corrected chi connectivity index (χ3v) is 10.3. The molecule has 3 aromatic carbocycles. The van der Waals surface area contributed by atoms with Crippen molar-refractivity contribution in [2.24, 2.45) is 0 Å². The lowest BCUT2D eigenvalue weighted by Crippen LogP contribution is -2.43. The highest BCUT2D eigenvalue weighted by Crippen LogP contribution is 2.40. The molecule has 3 amide bonds. The molecule has 4 aromatic rings. The zero-order valence-electron chi connectivity index (χ0n) is 32.2. The Bertz CT molecular complexity index is 2080. The molecule has 56 heavy (non-hydrogen) atoms. The molecule has 1 unspecified atom stereocenters. The average Bonchev–Trinajstić information content (AvgIpc) is 3.15. The van der Waals surface area contributed by atoms with Crippen LogP contribution in [0.15, 0.2) is 72.9 Å². The van der Waals surface area contributed by atoms with Crippen LogP contribution in [0, 0.1) is 6.92 Å². The molecule has 1 atom stereocenters.